The Bertz CT molecular complexity index is 282. The summed E-state index contributed by atoms with van der Waals surface area (Å²) < 4.78 is 0. The van der Waals surface area contributed by atoms with E-state index in [0.29, 0.717) is 18.9 Å². The fourth-order valence-corrected chi connectivity index (χ4v) is 2.73. The predicted molar refractivity (Wildman–Crippen MR) is 73.3 cm³/mol. The van der Waals surface area contributed by atoms with Crippen LogP contribution < -0.4 is 10.6 Å². The van der Waals surface area contributed by atoms with Gasteiger partial charge in [0, 0.05) is 13.1 Å². The minimum absolute atomic E-state index is 0.0823. The van der Waals surface area contributed by atoms with Crippen LogP contribution in [0, 0.1) is 11.3 Å². The summed E-state index contributed by atoms with van der Waals surface area (Å²) in [6, 6.07) is 0. The zero-order chi connectivity index (χ0) is 13.8. The molecule has 1 heterocycles. The lowest BCUT2D eigenvalue weighted by Crippen LogP contribution is -2.50. The molecule has 4 heteroatoms. The zero-order valence-corrected chi connectivity index (χ0v) is 12.2. The van der Waals surface area contributed by atoms with E-state index >= 15 is 0 Å². The van der Waals surface area contributed by atoms with Crippen LogP contribution >= 0.6 is 0 Å². The quantitative estimate of drug-likeness (QED) is 0.671. The van der Waals surface area contributed by atoms with Crippen molar-refractivity contribution in [3.8, 4) is 0 Å². The van der Waals surface area contributed by atoms with Crippen molar-refractivity contribution < 1.29 is 9.90 Å². The fourth-order valence-electron chi connectivity index (χ4n) is 2.73. The normalized spacial score (nSPS) is 27.2. The molecule has 3 N–H and O–H groups in total. The molecule has 0 aromatic carbocycles. The SMILES string of the molecule is CCCC(C)(O)CNC(=O)C1(C(C)C)CCNC1. The summed E-state index contributed by atoms with van der Waals surface area (Å²) in [6.07, 6.45) is 2.51. The van der Waals surface area contributed by atoms with Crippen LogP contribution in [-0.2, 0) is 4.79 Å². The number of carbonyl (C=O) groups is 1. The van der Waals surface area contributed by atoms with Crippen molar-refractivity contribution in [3.63, 3.8) is 0 Å². The third kappa shape index (κ3) is 3.45. The molecule has 1 fully saturated rings. The maximum atomic E-state index is 12.4. The molecule has 0 radical (unpaired) electrons. The molecule has 18 heavy (non-hydrogen) atoms. The van der Waals surface area contributed by atoms with Gasteiger partial charge in [0.05, 0.1) is 11.0 Å². The summed E-state index contributed by atoms with van der Waals surface area (Å²) in [7, 11) is 0. The highest BCUT2D eigenvalue weighted by Gasteiger charge is 2.44. The van der Waals surface area contributed by atoms with Gasteiger partial charge in [0.1, 0.15) is 0 Å². The van der Waals surface area contributed by atoms with Crippen molar-refractivity contribution in [2.75, 3.05) is 19.6 Å². The summed E-state index contributed by atoms with van der Waals surface area (Å²) in [5.41, 5.74) is -1.10. The Kier molecular flexibility index (Phi) is 5.17. The maximum absolute atomic E-state index is 12.4. The van der Waals surface area contributed by atoms with Gasteiger partial charge in [-0.1, -0.05) is 27.2 Å². The second-order valence-electron chi connectivity index (χ2n) is 6.17. The zero-order valence-electron chi connectivity index (χ0n) is 12.2. The first-order valence-electron chi connectivity index (χ1n) is 7.05. The van der Waals surface area contributed by atoms with Crippen LogP contribution in [0.2, 0.25) is 0 Å². The summed E-state index contributed by atoms with van der Waals surface area (Å²) in [5, 5.41) is 16.3. The molecule has 4 nitrogen and oxygen atoms in total. The highest BCUT2D eigenvalue weighted by atomic mass is 16.3. The summed E-state index contributed by atoms with van der Waals surface area (Å²) in [6.45, 7) is 9.99. The predicted octanol–water partition coefficient (Wildman–Crippen LogP) is 1.29. The number of carbonyl (C=O) groups excluding carboxylic acids is 1. The van der Waals surface area contributed by atoms with Crippen LogP contribution in [0.15, 0.2) is 0 Å². The lowest BCUT2D eigenvalue weighted by Gasteiger charge is -2.33. The third-order valence-electron chi connectivity index (χ3n) is 4.16. The van der Waals surface area contributed by atoms with Gasteiger partial charge in [-0.05, 0) is 32.2 Å². The van der Waals surface area contributed by atoms with Crippen LogP contribution in [0.3, 0.4) is 0 Å². The Morgan fingerprint density at radius 1 is 1.56 bits per heavy atom. The number of rotatable bonds is 6. The summed E-state index contributed by atoms with van der Waals surface area (Å²) >= 11 is 0. The van der Waals surface area contributed by atoms with Crippen molar-refractivity contribution in [3.05, 3.63) is 0 Å². The molecule has 0 aromatic heterocycles. The number of amides is 1. The van der Waals surface area contributed by atoms with E-state index in [0.717, 1.165) is 25.9 Å². The van der Waals surface area contributed by atoms with Crippen LogP contribution in [0.25, 0.3) is 0 Å². The highest BCUT2D eigenvalue weighted by Crippen LogP contribution is 2.34. The Morgan fingerprint density at radius 3 is 2.67 bits per heavy atom. The monoisotopic (exact) mass is 256 g/mol. The van der Waals surface area contributed by atoms with E-state index in [-0.39, 0.29) is 11.3 Å². The molecule has 1 aliphatic rings. The first-order chi connectivity index (χ1) is 8.34. The third-order valence-corrected chi connectivity index (χ3v) is 4.16. The average molecular weight is 256 g/mol. The second-order valence-corrected chi connectivity index (χ2v) is 6.17. The van der Waals surface area contributed by atoms with Gasteiger partial charge in [-0.3, -0.25) is 4.79 Å². The lowest BCUT2D eigenvalue weighted by atomic mass is 9.75. The summed E-state index contributed by atoms with van der Waals surface area (Å²) in [4.78, 5) is 12.4. The Hall–Kier alpha value is -0.610. The van der Waals surface area contributed by atoms with E-state index < -0.39 is 5.60 Å². The topological polar surface area (TPSA) is 61.4 Å². The molecule has 0 aliphatic carbocycles. The Balaban J connectivity index is 2.58. The van der Waals surface area contributed by atoms with Crippen molar-refractivity contribution in [1.82, 2.24) is 10.6 Å². The molecule has 106 valence electrons. The Labute approximate surface area is 111 Å². The molecule has 2 atom stereocenters. The van der Waals surface area contributed by atoms with Gasteiger partial charge in [0.2, 0.25) is 5.91 Å². The van der Waals surface area contributed by atoms with Crippen LogP contribution in [-0.4, -0.2) is 36.2 Å². The molecule has 0 spiro atoms. The molecule has 0 bridgehead atoms. The number of hydrogen-bond donors (Lipinski definition) is 3. The first kappa shape index (κ1) is 15.4. The number of aliphatic hydroxyl groups is 1. The Morgan fingerprint density at radius 2 is 2.22 bits per heavy atom. The van der Waals surface area contributed by atoms with Crippen molar-refractivity contribution in [1.29, 1.82) is 0 Å². The standard InChI is InChI=1S/C14H28N2O2/c1-5-6-13(4,18)9-16-12(17)14(11(2)3)7-8-15-10-14/h11,15,18H,5-10H2,1-4H3,(H,16,17). The van der Waals surface area contributed by atoms with E-state index in [1.54, 1.807) is 6.92 Å². The van der Waals surface area contributed by atoms with E-state index in [9.17, 15) is 9.90 Å². The van der Waals surface area contributed by atoms with Crippen molar-refractivity contribution in [2.45, 2.75) is 52.6 Å². The molecule has 2 unspecified atom stereocenters. The van der Waals surface area contributed by atoms with E-state index in [2.05, 4.69) is 24.5 Å². The molecule has 1 saturated heterocycles. The van der Waals surface area contributed by atoms with Gasteiger partial charge in [0.25, 0.3) is 0 Å². The van der Waals surface area contributed by atoms with E-state index in [1.807, 2.05) is 6.92 Å². The van der Waals surface area contributed by atoms with Gasteiger partial charge in [-0.25, -0.2) is 0 Å². The molecule has 1 amide bonds. The first-order valence-corrected chi connectivity index (χ1v) is 7.05. The second kappa shape index (κ2) is 6.02. The van der Waals surface area contributed by atoms with Gasteiger partial charge in [0.15, 0.2) is 0 Å². The van der Waals surface area contributed by atoms with E-state index in [1.165, 1.54) is 0 Å². The van der Waals surface area contributed by atoms with Crippen LogP contribution in [0.4, 0.5) is 0 Å². The summed E-state index contributed by atoms with van der Waals surface area (Å²) in [5.74, 6) is 0.391. The van der Waals surface area contributed by atoms with Gasteiger partial charge < -0.3 is 15.7 Å². The van der Waals surface area contributed by atoms with Crippen molar-refractivity contribution >= 4 is 5.91 Å². The number of hydrogen-bond acceptors (Lipinski definition) is 3. The highest BCUT2D eigenvalue weighted by molar-refractivity contribution is 5.83. The molecule has 1 rings (SSSR count). The van der Waals surface area contributed by atoms with E-state index in [4.69, 9.17) is 0 Å². The lowest BCUT2D eigenvalue weighted by molar-refractivity contribution is -0.133. The fraction of sp³-hybridized carbons (Fsp3) is 0.929. The molecular weight excluding hydrogens is 228 g/mol. The van der Waals surface area contributed by atoms with Crippen molar-refractivity contribution in [2.24, 2.45) is 11.3 Å². The smallest absolute Gasteiger partial charge is 0.227 e. The molecular formula is C14H28N2O2. The number of nitrogens with one attached hydrogen (secondary N) is 2. The molecule has 0 saturated carbocycles. The van der Waals surface area contributed by atoms with Crippen LogP contribution in [0.5, 0.6) is 0 Å². The van der Waals surface area contributed by atoms with Gasteiger partial charge in [-0.2, -0.15) is 0 Å². The average Bonchev–Trinajstić information content (AvgIpc) is 2.76. The largest absolute Gasteiger partial charge is 0.388 e. The van der Waals surface area contributed by atoms with Crippen LogP contribution in [0.1, 0.15) is 47.0 Å². The molecule has 1 aliphatic heterocycles. The minimum Gasteiger partial charge on any atom is -0.388 e. The molecule has 0 aromatic rings. The minimum atomic E-state index is -0.797. The van der Waals surface area contributed by atoms with Gasteiger partial charge in [-0.15, -0.1) is 0 Å². The maximum Gasteiger partial charge on any atom is 0.227 e. The van der Waals surface area contributed by atoms with Gasteiger partial charge >= 0.3 is 0 Å².